The number of methoxy groups -OCH3 is 1. The first-order valence-electron chi connectivity index (χ1n) is 11.2. The lowest BCUT2D eigenvalue weighted by Crippen LogP contribution is -2.42. The lowest BCUT2D eigenvalue weighted by Gasteiger charge is -2.14. The average molecular weight is 460 g/mol. The summed E-state index contributed by atoms with van der Waals surface area (Å²) in [5, 5.41) is 8.47. The highest BCUT2D eigenvalue weighted by Gasteiger charge is 2.27. The number of benzene rings is 2. The fraction of sp³-hybridized carbons (Fsp3) is 0.296. The van der Waals surface area contributed by atoms with Crippen LogP contribution in [0.3, 0.4) is 0 Å². The van der Waals surface area contributed by atoms with Gasteiger partial charge in [-0.2, -0.15) is 0 Å². The molecule has 1 aliphatic rings. The molecule has 1 aliphatic carbocycles. The summed E-state index contributed by atoms with van der Waals surface area (Å²) in [6.45, 7) is 0.748. The Balaban J connectivity index is 1.49. The van der Waals surface area contributed by atoms with E-state index < -0.39 is 23.7 Å². The van der Waals surface area contributed by atoms with Gasteiger partial charge in [0.05, 0.1) is 7.11 Å². The van der Waals surface area contributed by atoms with Gasteiger partial charge in [0.2, 0.25) is 5.91 Å². The molecule has 3 rings (SSSR count). The van der Waals surface area contributed by atoms with Crippen LogP contribution < -0.4 is 16.0 Å². The first-order chi connectivity index (χ1) is 16.5. The van der Waals surface area contributed by atoms with Crippen LogP contribution in [0.5, 0.6) is 0 Å². The third-order valence-corrected chi connectivity index (χ3v) is 5.39. The molecular formula is C27H29N3O4. The number of amides is 2. The Hall–Kier alpha value is -3.89. The van der Waals surface area contributed by atoms with Crippen LogP contribution in [0.4, 0.5) is 0 Å². The molecule has 7 nitrogen and oxygen atoms in total. The fourth-order valence-corrected chi connectivity index (χ4v) is 3.16. The maximum atomic E-state index is 12.4. The second-order valence-electron chi connectivity index (χ2n) is 7.98. The Kier molecular flexibility index (Phi) is 9.01. The van der Waals surface area contributed by atoms with E-state index in [0.29, 0.717) is 11.6 Å². The lowest BCUT2D eigenvalue weighted by molar-refractivity contribution is -0.149. The minimum atomic E-state index is -1.11. The zero-order valence-corrected chi connectivity index (χ0v) is 19.4. The quantitative estimate of drug-likeness (QED) is 0.304. The van der Waals surface area contributed by atoms with E-state index in [9.17, 15) is 14.4 Å². The highest BCUT2D eigenvalue weighted by molar-refractivity contribution is 5.99. The van der Waals surface area contributed by atoms with E-state index in [2.05, 4.69) is 56.8 Å². The van der Waals surface area contributed by atoms with Gasteiger partial charge < -0.3 is 20.7 Å². The van der Waals surface area contributed by atoms with Gasteiger partial charge in [-0.15, -0.1) is 0 Å². The van der Waals surface area contributed by atoms with E-state index in [0.717, 1.165) is 17.7 Å². The molecule has 0 heterocycles. The van der Waals surface area contributed by atoms with E-state index in [-0.39, 0.29) is 6.54 Å². The number of hydrogen-bond donors (Lipinski definition) is 3. The summed E-state index contributed by atoms with van der Waals surface area (Å²) in [5.41, 5.74) is 3.52. The van der Waals surface area contributed by atoms with Crippen molar-refractivity contribution in [2.45, 2.75) is 25.4 Å². The van der Waals surface area contributed by atoms with Gasteiger partial charge in [-0.1, -0.05) is 36.1 Å². The highest BCUT2D eigenvalue weighted by atomic mass is 16.5. The van der Waals surface area contributed by atoms with Crippen LogP contribution in [0.25, 0.3) is 6.08 Å². The molecular weight excluding hydrogens is 430 g/mol. The molecule has 0 spiro atoms. The maximum absolute atomic E-state index is 12.4. The smallest absolute Gasteiger partial charge is 0.320 e. The molecule has 0 radical (unpaired) electrons. The Morgan fingerprint density at radius 1 is 1.09 bits per heavy atom. The van der Waals surface area contributed by atoms with Gasteiger partial charge in [0, 0.05) is 37.3 Å². The highest BCUT2D eigenvalue weighted by Crippen LogP contribution is 2.19. The summed E-state index contributed by atoms with van der Waals surface area (Å²) in [5.74, 6) is 3.31. The molecule has 1 atom stereocenters. The van der Waals surface area contributed by atoms with Crippen LogP contribution in [0.15, 0.2) is 54.6 Å². The zero-order chi connectivity index (χ0) is 24.3. The predicted octanol–water partition coefficient (Wildman–Crippen LogP) is 2.27. The zero-order valence-electron chi connectivity index (χ0n) is 19.4. The standard InChI is InChI=1S/C27H29N3O4/c1-28-26(32)24(27(33)34-2)18-30-25(31)22-13-11-20(12-14-22)6-4-3-5-19-7-9-21(10-8-19)17-29-23-15-16-23/h3,5,7-14,23-24,29H,15-18H2,1-2H3,(H,28,32)(H,30,31)/b5-3+. The van der Waals surface area contributed by atoms with Crippen LogP contribution in [0.2, 0.25) is 0 Å². The van der Waals surface area contributed by atoms with Crippen molar-refractivity contribution in [3.8, 4) is 11.8 Å². The average Bonchev–Trinajstić information content (AvgIpc) is 3.70. The molecule has 2 amide bonds. The SMILES string of the molecule is CNC(=O)C(CNC(=O)c1ccc(C#C/C=C/c2ccc(CNC3CC3)cc2)cc1)C(=O)OC. The molecule has 0 aliphatic heterocycles. The van der Waals surface area contributed by atoms with Gasteiger partial charge in [-0.3, -0.25) is 14.4 Å². The number of nitrogens with one attached hydrogen (secondary N) is 3. The molecule has 1 saturated carbocycles. The molecule has 0 bridgehead atoms. The molecule has 1 unspecified atom stereocenters. The minimum absolute atomic E-state index is 0.157. The van der Waals surface area contributed by atoms with Crippen LogP contribution in [-0.2, 0) is 20.9 Å². The molecule has 2 aromatic rings. The van der Waals surface area contributed by atoms with Gasteiger partial charge in [-0.05, 0) is 60.4 Å². The van der Waals surface area contributed by atoms with Crippen LogP contribution in [0.1, 0.15) is 39.9 Å². The van der Waals surface area contributed by atoms with Crippen molar-refractivity contribution in [3.63, 3.8) is 0 Å². The monoisotopic (exact) mass is 459 g/mol. The predicted molar refractivity (Wildman–Crippen MR) is 131 cm³/mol. The summed E-state index contributed by atoms with van der Waals surface area (Å²) in [7, 11) is 2.61. The first kappa shape index (κ1) is 24.7. The van der Waals surface area contributed by atoms with E-state index in [4.69, 9.17) is 0 Å². The normalized spacial score (nSPS) is 13.5. The molecule has 0 saturated heterocycles. The molecule has 176 valence electrons. The Bertz CT molecular complexity index is 1080. The fourth-order valence-electron chi connectivity index (χ4n) is 3.16. The van der Waals surface area contributed by atoms with Crippen molar-refractivity contribution in [3.05, 3.63) is 76.9 Å². The van der Waals surface area contributed by atoms with Crippen molar-refractivity contribution >= 4 is 23.9 Å². The van der Waals surface area contributed by atoms with Crippen molar-refractivity contribution in [1.82, 2.24) is 16.0 Å². The molecule has 0 aromatic heterocycles. The summed E-state index contributed by atoms with van der Waals surface area (Å²) >= 11 is 0. The summed E-state index contributed by atoms with van der Waals surface area (Å²) < 4.78 is 4.61. The van der Waals surface area contributed by atoms with Gasteiger partial charge in [-0.25, -0.2) is 0 Å². The third kappa shape index (κ3) is 7.61. The number of allylic oxidation sites excluding steroid dienone is 1. The van der Waals surface area contributed by atoms with Crippen molar-refractivity contribution in [2.24, 2.45) is 5.92 Å². The molecule has 1 fully saturated rings. The lowest BCUT2D eigenvalue weighted by atomic mass is 10.1. The molecule has 3 N–H and O–H groups in total. The number of rotatable bonds is 9. The van der Waals surface area contributed by atoms with Crippen LogP contribution in [0, 0.1) is 17.8 Å². The Morgan fingerprint density at radius 3 is 2.41 bits per heavy atom. The topological polar surface area (TPSA) is 96.5 Å². The number of carbonyl (C=O) groups excluding carboxylic acids is 3. The Morgan fingerprint density at radius 2 is 1.79 bits per heavy atom. The van der Waals surface area contributed by atoms with Gasteiger partial charge in [0.25, 0.3) is 5.91 Å². The van der Waals surface area contributed by atoms with Crippen molar-refractivity contribution < 1.29 is 19.1 Å². The van der Waals surface area contributed by atoms with Crippen LogP contribution >= 0.6 is 0 Å². The van der Waals surface area contributed by atoms with Gasteiger partial charge >= 0.3 is 5.97 Å². The molecule has 34 heavy (non-hydrogen) atoms. The Labute approximate surface area is 200 Å². The minimum Gasteiger partial charge on any atom is -0.468 e. The molecule has 7 heteroatoms. The van der Waals surface area contributed by atoms with Gasteiger partial charge in [0.15, 0.2) is 5.92 Å². The van der Waals surface area contributed by atoms with E-state index >= 15 is 0 Å². The maximum Gasteiger partial charge on any atom is 0.320 e. The summed E-state index contributed by atoms with van der Waals surface area (Å²) in [6.07, 6.45) is 6.32. The summed E-state index contributed by atoms with van der Waals surface area (Å²) in [4.78, 5) is 35.9. The van der Waals surface area contributed by atoms with Crippen LogP contribution in [-0.4, -0.2) is 44.5 Å². The van der Waals surface area contributed by atoms with Crippen molar-refractivity contribution in [1.29, 1.82) is 0 Å². The van der Waals surface area contributed by atoms with Gasteiger partial charge in [0.1, 0.15) is 0 Å². The summed E-state index contributed by atoms with van der Waals surface area (Å²) in [6, 6.07) is 15.9. The van der Waals surface area contributed by atoms with E-state index in [1.54, 1.807) is 30.3 Å². The van der Waals surface area contributed by atoms with Crippen molar-refractivity contribution in [2.75, 3.05) is 20.7 Å². The second-order valence-corrected chi connectivity index (χ2v) is 7.98. The number of hydrogen-bond acceptors (Lipinski definition) is 5. The second kappa shape index (κ2) is 12.4. The van der Waals surface area contributed by atoms with E-state index in [1.807, 2.05) is 6.08 Å². The number of carbonyl (C=O) groups is 3. The van der Waals surface area contributed by atoms with E-state index in [1.165, 1.54) is 32.6 Å². The number of ether oxygens (including phenoxy) is 1. The largest absolute Gasteiger partial charge is 0.468 e. The third-order valence-electron chi connectivity index (χ3n) is 5.39. The number of esters is 1. The first-order valence-corrected chi connectivity index (χ1v) is 11.2. The molecule has 2 aromatic carbocycles.